The van der Waals surface area contributed by atoms with Crippen LogP contribution in [-0.2, 0) is 17.8 Å². The molecule has 0 bridgehead atoms. The lowest BCUT2D eigenvalue weighted by Gasteiger charge is -2.22. The van der Waals surface area contributed by atoms with Crippen molar-refractivity contribution in [2.24, 2.45) is 0 Å². The first kappa shape index (κ1) is 18.6. The molecule has 0 unspecified atom stereocenters. The summed E-state index contributed by atoms with van der Waals surface area (Å²) in [4.78, 5) is 18.8. The first-order valence-electron chi connectivity index (χ1n) is 9.21. The average Bonchev–Trinajstić information content (AvgIpc) is 3.43. The quantitative estimate of drug-likeness (QED) is 0.580. The maximum absolute atomic E-state index is 14.0. The van der Waals surface area contributed by atoms with Crippen molar-refractivity contribution in [3.05, 3.63) is 70.8 Å². The van der Waals surface area contributed by atoms with Crippen LogP contribution in [0.15, 0.2) is 53.1 Å². The predicted molar refractivity (Wildman–Crippen MR) is 103 cm³/mol. The van der Waals surface area contributed by atoms with E-state index in [0.717, 1.165) is 18.4 Å². The van der Waals surface area contributed by atoms with Crippen LogP contribution >= 0.6 is 11.6 Å². The van der Waals surface area contributed by atoms with Crippen molar-refractivity contribution in [2.75, 3.05) is 0 Å². The fourth-order valence-corrected chi connectivity index (χ4v) is 3.17. The Bertz CT molecular complexity index is 970. The Morgan fingerprint density at radius 3 is 2.64 bits per heavy atom. The lowest BCUT2D eigenvalue weighted by Crippen LogP contribution is -2.33. The molecule has 1 fully saturated rings. The van der Waals surface area contributed by atoms with Crippen LogP contribution in [-0.4, -0.2) is 27.0 Å². The summed E-state index contributed by atoms with van der Waals surface area (Å²) in [6.07, 6.45) is 2.51. The summed E-state index contributed by atoms with van der Waals surface area (Å²) in [5.74, 6) is 0.548. The second kappa shape index (κ2) is 8.10. The molecule has 2 aromatic carbocycles. The molecule has 1 aliphatic carbocycles. The Morgan fingerprint density at radius 2 is 1.93 bits per heavy atom. The second-order valence-electron chi connectivity index (χ2n) is 6.86. The zero-order valence-corrected chi connectivity index (χ0v) is 15.9. The van der Waals surface area contributed by atoms with Crippen molar-refractivity contribution in [3.63, 3.8) is 0 Å². The standard InChI is InChI=1S/C21H19ClFN3O2/c22-16-7-5-14(6-8-16)21-24-19(28-25-21)11-12-20(27)26(17-9-10-17)13-15-3-1-2-4-18(15)23/h1-8,17H,9-13H2. The van der Waals surface area contributed by atoms with E-state index in [1.165, 1.54) is 6.07 Å². The molecule has 0 spiro atoms. The number of hydrogen-bond acceptors (Lipinski definition) is 4. The molecule has 0 aliphatic heterocycles. The van der Waals surface area contributed by atoms with Crippen LogP contribution < -0.4 is 0 Å². The molecule has 0 atom stereocenters. The second-order valence-corrected chi connectivity index (χ2v) is 7.30. The number of aryl methyl sites for hydroxylation is 1. The van der Waals surface area contributed by atoms with Crippen molar-refractivity contribution >= 4 is 17.5 Å². The number of amides is 1. The number of carbonyl (C=O) groups excluding carboxylic acids is 1. The molecule has 28 heavy (non-hydrogen) atoms. The van der Waals surface area contributed by atoms with Gasteiger partial charge in [0.1, 0.15) is 5.82 Å². The Morgan fingerprint density at radius 1 is 1.18 bits per heavy atom. The van der Waals surface area contributed by atoms with Crippen LogP contribution in [0.5, 0.6) is 0 Å². The van der Waals surface area contributed by atoms with Crippen LogP contribution in [0.25, 0.3) is 11.4 Å². The predicted octanol–water partition coefficient (Wildman–Crippen LogP) is 4.65. The van der Waals surface area contributed by atoms with E-state index in [-0.39, 0.29) is 30.7 Å². The molecule has 1 aliphatic rings. The fourth-order valence-electron chi connectivity index (χ4n) is 3.05. The topological polar surface area (TPSA) is 59.2 Å². The van der Waals surface area contributed by atoms with E-state index in [2.05, 4.69) is 10.1 Å². The highest BCUT2D eigenvalue weighted by molar-refractivity contribution is 6.30. The number of rotatable bonds is 7. The van der Waals surface area contributed by atoms with Crippen LogP contribution in [0.4, 0.5) is 4.39 Å². The molecule has 5 nitrogen and oxygen atoms in total. The van der Waals surface area contributed by atoms with Gasteiger partial charge in [-0.05, 0) is 43.2 Å². The molecule has 0 radical (unpaired) electrons. The van der Waals surface area contributed by atoms with Gasteiger partial charge in [-0.15, -0.1) is 0 Å². The fraction of sp³-hybridized carbons (Fsp3) is 0.286. The third-order valence-electron chi connectivity index (χ3n) is 4.73. The third-order valence-corrected chi connectivity index (χ3v) is 4.98. The van der Waals surface area contributed by atoms with Gasteiger partial charge in [-0.1, -0.05) is 35.0 Å². The van der Waals surface area contributed by atoms with Gasteiger partial charge in [-0.2, -0.15) is 4.98 Å². The highest BCUT2D eigenvalue weighted by atomic mass is 35.5. The summed E-state index contributed by atoms with van der Waals surface area (Å²) >= 11 is 5.89. The number of halogens is 2. The molecule has 144 valence electrons. The van der Waals surface area contributed by atoms with Crippen molar-refractivity contribution in [1.82, 2.24) is 15.0 Å². The molecule has 1 heterocycles. The van der Waals surface area contributed by atoms with Gasteiger partial charge < -0.3 is 9.42 Å². The van der Waals surface area contributed by atoms with E-state index in [1.54, 1.807) is 35.2 Å². The molecule has 4 rings (SSSR count). The Kier molecular flexibility index (Phi) is 5.39. The van der Waals surface area contributed by atoms with E-state index >= 15 is 0 Å². The van der Waals surface area contributed by atoms with E-state index in [9.17, 15) is 9.18 Å². The monoisotopic (exact) mass is 399 g/mol. The van der Waals surface area contributed by atoms with Gasteiger partial charge in [0.05, 0.1) is 0 Å². The first-order valence-corrected chi connectivity index (χ1v) is 9.59. The molecule has 7 heteroatoms. The average molecular weight is 400 g/mol. The highest BCUT2D eigenvalue weighted by Crippen LogP contribution is 2.29. The van der Waals surface area contributed by atoms with E-state index in [0.29, 0.717) is 28.7 Å². The normalized spacial score (nSPS) is 13.5. The molecule has 1 amide bonds. The van der Waals surface area contributed by atoms with Crippen molar-refractivity contribution in [2.45, 2.75) is 38.3 Å². The number of hydrogen-bond donors (Lipinski definition) is 0. The minimum Gasteiger partial charge on any atom is -0.339 e. The third kappa shape index (κ3) is 4.39. The summed E-state index contributed by atoms with van der Waals surface area (Å²) < 4.78 is 19.2. The summed E-state index contributed by atoms with van der Waals surface area (Å²) in [7, 11) is 0. The summed E-state index contributed by atoms with van der Waals surface area (Å²) in [6, 6.07) is 13.9. The minimum absolute atomic E-state index is 0.0306. The number of aromatic nitrogens is 2. The Labute approximate surface area is 167 Å². The van der Waals surface area contributed by atoms with Crippen LogP contribution in [0, 0.1) is 5.82 Å². The number of benzene rings is 2. The van der Waals surface area contributed by atoms with Gasteiger partial charge in [0, 0.05) is 41.6 Å². The zero-order valence-electron chi connectivity index (χ0n) is 15.1. The van der Waals surface area contributed by atoms with Crippen LogP contribution in [0.3, 0.4) is 0 Å². The summed E-state index contributed by atoms with van der Waals surface area (Å²) in [6.45, 7) is 0.288. The summed E-state index contributed by atoms with van der Waals surface area (Å²) in [5, 5.41) is 4.59. The maximum atomic E-state index is 14.0. The molecule has 0 saturated heterocycles. The summed E-state index contributed by atoms with van der Waals surface area (Å²) in [5.41, 5.74) is 1.33. The van der Waals surface area contributed by atoms with E-state index < -0.39 is 0 Å². The number of nitrogens with zero attached hydrogens (tertiary/aromatic N) is 3. The molecule has 3 aromatic rings. The van der Waals surface area contributed by atoms with Crippen LogP contribution in [0.2, 0.25) is 5.02 Å². The van der Waals surface area contributed by atoms with Crippen molar-refractivity contribution < 1.29 is 13.7 Å². The van der Waals surface area contributed by atoms with Crippen LogP contribution in [0.1, 0.15) is 30.7 Å². The van der Waals surface area contributed by atoms with Crippen molar-refractivity contribution in [3.8, 4) is 11.4 Å². The van der Waals surface area contributed by atoms with Gasteiger partial charge in [-0.25, -0.2) is 4.39 Å². The first-order chi connectivity index (χ1) is 13.6. The van der Waals surface area contributed by atoms with Crippen molar-refractivity contribution in [1.29, 1.82) is 0 Å². The molecule has 1 saturated carbocycles. The lowest BCUT2D eigenvalue weighted by molar-refractivity contribution is -0.132. The Hall–Kier alpha value is -2.73. The van der Waals surface area contributed by atoms with Gasteiger partial charge in [0.25, 0.3) is 0 Å². The highest BCUT2D eigenvalue weighted by Gasteiger charge is 2.32. The van der Waals surface area contributed by atoms with Gasteiger partial charge in [-0.3, -0.25) is 4.79 Å². The van der Waals surface area contributed by atoms with Gasteiger partial charge in [0.15, 0.2) is 0 Å². The van der Waals surface area contributed by atoms with Gasteiger partial charge >= 0.3 is 0 Å². The molecule has 0 N–H and O–H groups in total. The molecular formula is C21H19ClFN3O2. The van der Waals surface area contributed by atoms with E-state index in [4.69, 9.17) is 16.1 Å². The lowest BCUT2D eigenvalue weighted by atomic mass is 10.1. The Balaban J connectivity index is 1.39. The maximum Gasteiger partial charge on any atom is 0.227 e. The minimum atomic E-state index is -0.287. The SMILES string of the molecule is O=C(CCc1nc(-c2ccc(Cl)cc2)no1)N(Cc1ccccc1F)C1CC1. The smallest absolute Gasteiger partial charge is 0.227 e. The largest absolute Gasteiger partial charge is 0.339 e. The number of carbonyl (C=O) groups is 1. The zero-order chi connectivity index (χ0) is 19.5. The molecule has 1 aromatic heterocycles. The van der Waals surface area contributed by atoms with E-state index in [1.807, 2.05) is 12.1 Å². The molecular weight excluding hydrogens is 381 g/mol. The van der Waals surface area contributed by atoms with Gasteiger partial charge in [0.2, 0.25) is 17.6 Å².